The highest BCUT2D eigenvalue weighted by Gasteiger charge is 2.06. The summed E-state index contributed by atoms with van der Waals surface area (Å²) in [7, 11) is 1.81. The fourth-order valence-corrected chi connectivity index (χ4v) is 2.02. The van der Waals surface area contributed by atoms with Crippen LogP contribution in [0.2, 0.25) is 0 Å². The van der Waals surface area contributed by atoms with Gasteiger partial charge in [0.25, 0.3) is 0 Å². The maximum absolute atomic E-state index is 13.2. The molecule has 0 aliphatic rings. The van der Waals surface area contributed by atoms with Crippen LogP contribution in [-0.2, 0) is 0 Å². The van der Waals surface area contributed by atoms with Gasteiger partial charge in [0.15, 0.2) is 0 Å². The molecule has 0 amide bonds. The van der Waals surface area contributed by atoms with E-state index < -0.39 is 0 Å². The summed E-state index contributed by atoms with van der Waals surface area (Å²) >= 11 is 0. The van der Waals surface area contributed by atoms with Crippen molar-refractivity contribution < 1.29 is 4.39 Å². The van der Waals surface area contributed by atoms with Crippen LogP contribution in [0.4, 0.5) is 21.8 Å². The Labute approximate surface area is 115 Å². The Morgan fingerprint density at radius 1 is 1.00 bits per heavy atom. The molecule has 0 spiro atoms. The highest BCUT2D eigenvalue weighted by Crippen LogP contribution is 2.23. The summed E-state index contributed by atoms with van der Waals surface area (Å²) in [4.78, 5) is 8.81. The molecule has 0 aliphatic heterocycles. The van der Waals surface area contributed by atoms with E-state index in [0.717, 1.165) is 16.7 Å². The van der Waals surface area contributed by atoms with Crippen molar-refractivity contribution in [2.45, 2.75) is 0 Å². The van der Waals surface area contributed by atoms with E-state index in [4.69, 9.17) is 0 Å². The second kappa shape index (κ2) is 5.13. The second-order valence-electron chi connectivity index (χ2n) is 4.30. The Bertz CT molecular complexity index is 758. The van der Waals surface area contributed by atoms with Gasteiger partial charge in [-0.05, 0) is 30.3 Å². The summed E-state index contributed by atoms with van der Waals surface area (Å²) in [6, 6.07) is 13.9. The first kappa shape index (κ1) is 12.3. The molecule has 0 bridgehead atoms. The van der Waals surface area contributed by atoms with Crippen LogP contribution in [0.25, 0.3) is 10.9 Å². The Morgan fingerprint density at radius 2 is 1.85 bits per heavy atom. The predicted octanol–water partition coefficient (Wildman–Crippen LogP) is 3.55. The average molecular weight is 268 g/mol. The van der Waals surface area contributed by atoms with Crippen LogP contribution in [0, 0.1) is 5.82 Å². The third kappa shape index (κ3) is 2.38. The molecule has 3 aromatic rings. The number of fused-ring (bicyclic) bond motifs is 1. The standard InChI is InChI=1S/C15H13FN4/c1-17-14-12-7-2-3-8-13(12)19-15(20-14)18-11-6-4-5-10(16)9-11/h2-9H,1H3,(H2,17,18,19,20). The highest BCUT2D eigenvalue weighted by atomic mass is 19.1. The molecule has 0 radical (unpaired) electrons. The number of nitrogens with one attached hydrogen (secondary N) is 2. The molecule has 3 rings (SSSR count). The first-order valence-corrected chi connectivity index (χ1v) is 6.23. The molecule has 100 valence electrons. The van der Waals surface area contributed by atoms with Gasteiger partial charge in [-0.3, -0.25) is 0 Å². The monoisotopic (exact) mass is 268 g/mol. The lowest BCUT2D eigenvalue weighted by atomic mass is 10.2. The predicted molar refractivity (Wildman–Crippen MR) is 78.8 cm³/mol. The van der Waals surface area contributed by atoms with Gasteiger partial charge in [0.1, 0.15) is 11.6 Å². The van der Waals surface area contributed by atoms with Gasteiger partial charge in [0.05, 0.1) is 5.52 Å². The largest absolute Gasteiger partial charge is 0.372 e. The van der Waals surface area contributed by atoms with Crippen molar-refractivity contribution in [1.82, 2.24) is 9.97 Å². The topological polar surface area (TPSA) is 49.8 Å². The van der Waals surface area contributed by atoms with E-state index in [9.17, 15) is 4.39 Å². The molecule has 20 heavy (non-hydrogen) atoms. The van der Waals surface area contributed by atoms with Crippen LogP contribution in [-0.4, -0.2) is 17.0 Å². The van der Waals surface area contributed by atoms with E-state index >= 15 is 0 Å². The minimum Gasteiger partial charge on any atom is -0.372 e. The Kier molecular flexibility index (Phi) is 3.16. The molecule has 5 heteroatoms. The lowest BCUT2D eigenvalue weighted by Crippen LogP contribution is -2.02. The van der Waals surface area contributed by atoms with Gasteiger partial charge in [-0.15, -0.1) is 0 Å². The summed E-state index contributed by atoms with van der Waals surface area (Å²) in [6.45, 7) is 0. The van der Waals surface area contributed by atoms with Gasteiger partial charge in [0.2, 0.25) is 5.95 Å². The van der Waals surface area contributed by atoms with Crippen molar-refractivity contribution in [3.05, 3.63) is 54.3 Å². The summed E-state index contributed by atoms with van der Waals surface area (Å²) in [5.41, 5.74) is 1.44. The molecule has 0 aliphatic carbocycles. The van der Waals surface area contributed by atoms with E-state index in [1.54, 1.807) is 19.2 Å². The highest BCUT2D eigenvalue weighted by molar-refractivity contribution is 5.90. The number of hydrogen-bond donors (Lipinski definition) is 2. The van der Waals surface area contributed by atoms with Crippen molar-refractivity contribution in [2.24, 2.45) is 0 Å². The van der Waals surface area contributed by atoms with Crippen molar-refractivity contribution >= 4 is 28.4 Å². The lowest BCUT2D eigenvalue weighted by molar-refractivity contribution is 0.628. The zero-order chi connectivity index (χ0) is 13.9. The Balaban J connectivity index is 2.03. The fraction of sp³-hybridized carbons (Fsp3) is 0.0667. The lowest BCUT2D eigenvalue weighted by Gasteiger charge is -2.09. The van der Waals surface area contributed by atoms with Crippen LogP contribution < -0.4 is 10.6 Å². The van der Waals surface area contributed by atoms with Gasteiger partial charge in [-0.2, -0.15) is 4.98 Å². The maximum atomic E-state index is 13.2. The molecule has 2 aromatic carbocycles. The van der Waals surface area contributed by atoms with Crippen LogP contribution in [0.15, 0.2) is 48.5 Å². The second-order valence-corrected chi connectivity index (χ2v) is 4.30. The van der Waals surface area contributed by atoms with Crippen LogP contribution in [0.1, 0.15) is 0 Å². The Hall–Kier alpha value is -2.69. The third-order valence-corrected chi connectivity index (χ3v) is 2.92. The van der Waals surface area contributed by atoms with E-state index in [1.807, 2.05) is 24.3 Å². The zero-order valence-electron chi connectivity index (χ0n) is 10.9. The molecule has 1 heterocycles. The van der Waals surface area contributed by atoms with Gasteiger partial charge >= 0.3 is 0 Å². The van der Waals surface area contributed by atoms with E-state index in [2.05, 4.69) is 20.6 Å². The normalized spacial score (nSPS) is 10.5. The molecule has 4 nitrogen and oxygen atoms in total. The number of anilines is 3. The number of halogens is 1. The minimum atomic E-state index is -0.301. The summed E-state index contributed by atoms with van der Waals surface area (Å²) < 4.78 is 13.2. The Morgan fingerprint density at radius 3 is 2.65 bits per heavy atom. The molecule has 0 atom stereocenters. The fourth-order valence-electron chi connectivity index (χ4n) is 2.02. The van der Waals surface area contributed by atoms with Crippen molar-refractivity contribution in [3.8, 4) is 0 Å². The zero-order valence-corrected chi connectivity index (χ0v) is 10.9. The van der Waals surface area contributed by atoms with Gasteiger partial charge in [-0.25, -0.2) is 9.37 Å². The van der Waals surface area contributed by atoms with Gasteiger partial charge in [0, 0.05) is 18.1 Å². The van der Waals surface area contributed by atoms with Crippen molar-refractivity contribution in [3.63, 3.8) is 0 Å². The van der Waals surface area contributed by atoms with Gasteiger partial charge < -0.3 is 10.6 Å². The number of rotatable bonds is 3. The molecular weight excluding hydrogens is 255 g/mol. The van der Waals surface area contributed by atoms with E-state index in [-0.39, 0.29) is 5.82 Å². The molecule has 0 saturated heterocycles. The summed E-state index contributed by atoms with van der Waals surface area (Å²) in [5.74, 6) is 0.859. The minimum absolute atomic E-state index is 0.301. The van der Waals surface area contributed by atoms with E-state index in [0.29, 0.717) is 11.6 Å². The molecular formula is C15H13FN4. The number of para-hydroxylation sites is 1. The first-order valence-electron chi connectivity index (χ1n) is 6.23. The molecule has 0 saturated carbocycles. The SMILES string of the molecule is CNc1nc(Nc2cccc(F)c2)nc2ccccc12. The van der Waals surface area contributed by atoms with Crippen molar-refractivity contribution in [2.75, 3.05) is 17.7 Å². The average Bonchev–Trinajstić information content (AvgIpc) is 2.46. The maximum Gasteiger partial charge on any atom is 0.229 e. The molecule has 2 N–H and O–H groups in total. The van der Waals surface area contributed by atoms with Crippen LogP contribution in [0.3, 0.4) is 0 Å². The number of benzene rings is 2. The number of nitrogens with zero attached hydrogens (tertiary/aromatic N) is 2. The van der Waals surface area contributed by atoms with Crippen molar-refractivity contribution in [1.29, 1.82) is 0 Å². The summed E-state index contributed by atoms with van der Waals surface area (Å²) in [6.07, 6.45) is 0. The van der Waals surface area contributed by atoms with Crippen LogP contribution >= 0.6 is 0 Å². The number of aromatic nitrogens is 2. The first-order chi connectivity index (χ1) is 9.76. The molecule has 0 unspecified atom stereocenters. The molecule has 1 aromatic heterocycles. The van der Waals surface area contributed by atoms with Crippen LogP contribution in [0.5, 0.6) is 0 Å². The summed E-state index contributed by atoms with van der Waals surface area (Å²) in [5, 5.41) is 7.00. The van der Waals surface area contributed by atoms with E-state index in [1.165, 1.54) is 12.1 Å². The molecule has 0 fully saturated rings. The van der Waals surface area contributed by atoms with Gasteiger partial charge in [-0.1, -0.05) is 18.2 Å². The third-order valence-electron chi connectivity index (χ3n) is 2.92. The quantitative estimate of drug-likeness (QED) is 0.762. The number of hydrogen-bond acceptors (Lipinski definition) is 4. The smallest absolute Gasteiger partial charge is 0.229 e.